The van der Waals surface area contributed by atoms with Crippen LogP contribution in [0.5, 0.6) is 0 Å². The summed E-state index contributed by atoms with van der Waals surface area (Å²) in [5, 5.41) is 0. The molecule has 1 saturated carbocycles. The summed E-state index contributed by atoms with van der Waals surface area (Å²) in [6.07, 6.45) is 3.76. The summed E-state index contributed by atoms with van der Waals surface area (Å²) in [4.78, 5) is 43.4. The molecule has 2 atom stereocenters. The van der Waals surface area contributed by atoms with Crippen LogP contribution in [0.3, 0.4) is 0 Å². The maximum atomic E-state index is 12.7. The van der Waals surface area contributed by atoms with Crippen molar-refractivity contribution in [2.24, 2.45) is 13.0 Å². The smallest absolute Gasteiger partial charge is 0.419 e. The summed E-state index contributed by atoms with van der Waals surface area (Å²) in [6.45, 7) is 12.6. The molecular weight excluding hydrogens is 414 g/mol. The number of carbonyl (C=O) groups excluding carboxylic acids is 3. The van der Waals surface area contributed by atoms with Crippen LogP contribution in [-0.2, 0) is 31.5 Å². The fourth-order valence-corrected chi connectivity index (χ4v) is 3.64. The Kier molecular flexibility index (Phi) is 7.63. The van der Waals surface area contributed by atoms with E-state index >= 15 is 0 Å². The number of aryl methyl sites for hydroxylation is 1. The highest BCUT2D eigenvalue weighted by atomic mass is 16.6. The van der Waals surface area contributed by atoms with Crippen LogP contribution < -0.4 is 0 Å². The van der Waals surface area contributed by atoms with Gasteiger partial charge in [-0.3, -0.25) is 4.79 Å². The lowest BCUT2D eigenvalue weighted by Crippen LogP contribution is -2.44. The number of nitrogens with zero attached hydrogens (tertiary/aromatic N) is 3. The van der Waals surface area contributed by atoms with Crippen LogP contribution in [0.15, 0.2) is 12.5 Å². The van der Waals surface area contributed by atoms with E-state index < -0.39 is 28.8 Å². The molecule has 32 heavy (non-hydrogen) atoms. The Morgan fingerprint density at radius 2 is 1.69 bits per heavy atom. The third-order valence-corrected chi connectivity index (χ3v) is 5.07. The van der Waals surface area contributed by atoms with Gasteiger partial charge in [-0.1, -0.05) is 0 Å². The summed E-state index contributed by atoms with van der Waals surface area (Å²) < 4.78 is 17.9. The van der Waals surface area contributed by atoms with Crippen molar-refractivity contribution in [2.45, 2.75) is 84.3 Å². The Hall–Kier alpha value is -2.58. The Bertz CT molecular complexity index is 808. The highest BCUT2D eigenvalue weighted by Crippen LogP contribution is 2.56. The monoisotopic (exact) mass is 451 g/mol. The minimum absolute atomic E-state index is 0.0237. The molecule has 0 radical (unpaired) electrons. The summed E-state index contributed by atoms with van der Waals surface area (Å²) in [5.74, 6) is -0.254. The van der Waals surface area contributed by atoms with Crippen molar-refractivity contribution < 1.29 is 28.6 Å². The molecule has 0 aromatic carbocycles. The number of hydrogen-bond donors (Lipinski definition) is 0. The molecule has 0 bridgehead atoms. The normalized spacial score (nSPS) is 20.4. The van der Waals surface area contributed by atoms with Crippen LogP contribution in [-0.4, -0.2) is 57.0 Å². The van der Waals surface area contributed by atoms with Gasteiger partial charge in [-0.2, -0.15) is 0 Å². The van der Waals surface area contributed by atoms with Crippen LogP contribution in [0.4, 0.5) is 9.59 Å². The van der Waals surface area contributed by atoms with E-state index in [-0.39, 0.29) is 18.4 Å². The van der Waals surface area contributed by atoms with Gasteiger partial charge in [0, 0.05) is 19.8 Å². The third-order valence-electron chi connectivity index (χ3n) is 5.07. The molecule has 0 saturated heterocycles. The van der Waals surface area contributed by atoms with Gasteiger partial charge in [0.05, 0.1) is 18.6 Å². The van der Waals surface area contributed by atoms with E-state index in [0.29, 0.717) is 31.6 Å². The van der Waals surface area contributed by atoms with E-state index in [1.807, 2.05) is 13.2 Å². The van der Waals surface area contributed by atoms with Crippen molar-refractivity contribution in [2.75, 3.05) is 13.2 Å². The Balaban J connectivity index is 2.08. The zero-order chi connectivity index (χ0) is 24.3. The van der Waals surface area contributed by atoms with Crippen LogP contribution in [0.2, 0.25) is 0 Å². The number of hydrogen-bond acceptors (Lipinski definition) is 7. The van der Waals surface area contributed by atoms with Crippen molar-refractivity contribution >= 4 is 18.2 Å². The second kappa shape index (κ2) is 9.50. The fraction of sp³-hybridized carbons (Fsp3) is 0.739. The molecule has 2 unspecified atom stereocenters. The van der Waals surface area contributed by atoms with Crippen LogP contribution in [0.25, 0.3) is 0 Å². The lowest BCUT2D eigenvalue weighted by Gasteiger charge is -2.28. The van der Waals surface area contributed by atoms with Gasteiger partial charge in [-0.15, -0.1) is 0 Å². The molecule has 2 rings (SSSR count). The predicted octanol–water partition coefficient (Wildman–Crippen LogP) is 4.19. The molecule has 9 heteroatoms. The summed E-state index contributed by atoms with van der Waals surface area (Å²) in [6, 6.07) is 0. The van der Waals surface area contributed by atoms with Crippen molar-refractivity contribution in [1.82, 2.24) is 14.5 Å². The molecule has 2 amide bonds. The topological polar surface area (TPSA) is 100.0 Å². The van der Waals surface area contributed by atoms with Gasteiger partial charge < -0.3 is 18.8 Å². The minimum atomic E-state index is -0.764. The van der Waals surface area contributed by atoms with Gasteiger partial charge in [0.25, 0.3) is 0 Å². The predicted molar refractivity (Wildman–Crippen MR) is 118 cm³/mol. The SMILES string of the molecule is CCOC(=O)C1(c2cn(C)cn2)CC1CCCN(C(=O)OC(C)(C)C)C(=O)OC(C)(C)C. The molecule has 9 nitrogen and oxygen atoms in total. The zero-order valence-corrected chi connectivity index (χ0v) is 20.6. The number of imidazole rings is 1. The largest absolute Gasteiger partial charge is 0.465 e. The molecule has 1 aromatic heterocycles. The molecular formula is C23H37N3O6. The second-order valence-electron chi connectivity index (χ2n) is 10.3. The number of carbonyl (C=O) groups is 3. The maximum absolute atomic E-state index is 12.7. The van der Waals surface area contributed by atoms with E-state index in [9.17, 15) is 14.4 Å². The summed E-state index contributed by atoms with van der Waals surface area (Å²) in [5.41, 5.74) is -1.56. The number of amides is 2. The van der Waals surface area contributed by atoms with Crippen molar-refractivity contribution in [1.29, 1.82) is 0 Å². The first kappa shape index (κ1) is 25.7. The number of ether oxygens (including phenoxy) is 3. The maximum Gasteiger partial charge on any atom is 0.419 e. The van der Waals surface area contributed by atoms with Gasteiger partial charge in [-0.05, 0) is 73.6 Å². The molecule has 0 N–H and O–H groups in total. The number of imide groups is 1. The first-order chi connectivity index (χ1) is 14.7. The lowest BCUT2D eigenvalue weighted by atomic mass is 9.97. The highest BCUT2D eigenvalue weighted by molar-refractivity contribution is 5.88. The van der Waals surface area contributed by atoms with Crippen molar-refractivity contribution in [3.8, 4) is 0 Å². The van der Waals surface area contributed by atoms with Crippen molar-refractivity contribution in [3.05, 3.63) is 18.2 Å². The van der Waals surface area contributed by atoms with Crippen LogP contribution in [0, 0.1) is 5.92 Å². The molecule has 1 aromatic rings. The first-order valence-corrected chi connectivity index (χ1v) is 11.1. The fourth-order valence-electron chi connectivity index (χ4n) is 3.64. The number of esters is 1. The number of rotatable bonds is 7. The molecule has 1 aliphatic rings. The van der Waals surface area contributed by atoms with Gasteiger partial charge in [-0.25, -0.2) is 19.5 Å². The standard InChI is InChI=1S/C23H37N3O6/c1-9-30-18(27)23(17-14-25(8)15-24-17)13-16(23)11-10-12-26(19(28)31-21(2,3)4)20(29)32-22(5,6)7/h14-16H,9-13H2,1-8H3. The lowest BCUT2D eigenvalue weighted by molar-refractivity contribution is -0.146. The van der Waals surface area contributed by atoms with E-state index in [4.69, 9.17) is 14.2 Å². The molecule has 180 valence electrons. The quantitative estimate of drug-likeness (QED) is 0.452. The van der Waals surface area contributed by atoms with Gasteiger partial charge in [0.2, 0.25) is 0 Å². The van der Waals surface area contributed by atoms with E-state index in [1.54, 1.807) is 59.4 Å². The van der Waals surface area contributed by atoms with Crippen LogP contribution in [0.1, 0.15) is 73.4 Å². The summed E-state index contributed by atoms with van der Waals surface area (Å²) >= 11 is 0. The van der Waals surface area contributed by atoms with Gasteiger partial charge in [0.15, 0.2) is 0 Å². The Morgan fingerprint density at radius 1 is 1.12 bits per heavy atom. The van der Waals surface area contributed by atoms with Gasteiger partial charge >= 0.3 is 18.2 Å². The summed E-state index contributed by atoms with van der Waals surface area (Å²) in [7, 11) is 1.85. The molecule has 0 aliphatic heterocycles. The Labute approximate surface area is 190 Å². The molecule has 1 aliphatic carbocycles. The Morgan fingerprint density at radius 3 is 2.12 bits per heavy atom. The minimum Gasteiger partial charge on any atom is -0.465 e. The average molecular weight is 452 g/mol. The second-order valence-corrected chi connectivity index (χ2v) is 10.3. The third kappa shape index (κ3) is 6.46. The van der Waals surface area contributed by atoms with E-state index in [1.165, 1.54) is 0 Å². The number of aromatic nitrogens is 2. The highest BCUT2D eigenvalue weighted by Gasteiger charge is 2.63. The van der Waals surface area contributed by atoms with E-state index in [2.05, 4.69) is 4.98 Å². The molecule has 1 fully saturated rings. The average Bonchev–Trinajstić information content (AvgIpc) is 3.19. The molecule has 1 heterocycles. The van der Waals surface area contributed by atoms with E-state index in [0.717, 1.165) is 4.90 Å². The molecule has 0 spiro atoms. The van der Waals surface area contributed by atoms with Crippen molar-refractivity contribution in [3.63, 3.8) is 0 Å². The van der Waals surface area contributed by atoms with Gasteiger partial charge in [0.1, 0.15) is 16.6 Å². The first-order valence-electron chi connectivity index (χ1n) is 11.1. The van der Waals surface area contributed by atoms with Crippen LogP contribution >= 0.6 is 0 Å². The zero-order valence-electron chi connectivity index (χ0n) is 20.6.